The number of sulfonamides is 1. The van der Waals surface area contributed by atoms with Gasteiger partial charge in [0.2, 0.25) is 10.0 Å². The molecule has 1 saturated heterocycles. The van der Waals surface area contributed by atoms with Crippen molar-refractivity contribution in [1.82, 2.24) is 19.2 Å². The van der Waals surface area contributed by atoms with Crippen molar-refractivity contribution in [2.75, 3.05) is 33.3 Å². The third-order valence-corrected chi connectivity index (χ3v) is 6.74. The minimum Gasteiger partial charge on any atom is -0.497 e. The number of nitrogens with zero attached hydrogens (tertiary/aromatic N) is 3. The van der Waals surface area contributed by atoms with E-state index in [1.165, 1.54) is 0 Å². The predicted octanol–water partition coefficient (Wildman–Crippen LogP) is 2.08. The second-order valence-electron chi connectivity index (χ2n) is 6.56. The average Bonchev–Trinajstić information content (AvgIpc) is 3.10. The molecule has 0 saturated carbocycles. The van der Waals surface area contributed by atoms with Gasteiger partial charge in [0.05, 0.1) is 29.6 Å². The fraction of sp³-hybridized carbons (Fsp3) is 0.316. The first kappa shape index (κ1) is 18.0. The van der Waals surface area contributed by atoms with Crippen LogP contribution in [0.4, 0.5) is 0 Å². The Kier molecular flexibility index (Phi) is 4.86. The lowest BCUT2D eigenvalue weighted by atomic mass is 10.3. The van der Waals surface area contributed by atoms with Gasteiger partial charge < -0.3 is 9.72 Å². The summed E-state index contributed by atoms with van der Waals surface area (Å²) in [4.78, 5) is 10.5. The lowest BCUT2D eigenvalue weighted by molar-refractivity contribution is 0.178. The van der Waals surface area contributed by atoms with Crippen molar-refractivity contribution in [1.29, 1.82) is 0 Å². The van der Waals surface area contributed by atoms with Crippen LogP contribution in [0, 0.1) is 0 Å². The Balaban J connectivity index is 1.41. The zero-order valence-electron chi connectivity index (χ0n) is 15.1. The summed E-state index contributed by atoms with van der Waals surface area (Å²) < 4.78 is 32.2. The largest absolute Gasteiger partial charge is 0.497 e. The van der Waals surface area contributed by atoms with Crippen molar-refractivity contribution < 1.29 is 13.2 Å². The number of aromatic amines is 1. The molecule has 8 heteroatoms. The maximum Gasteiger partial charge on any atom is 0.243 e. The number of imidazole rings is 1. The zero-order chi connectivity index (χ0) is 18.9. The van der Waals surface area contributed by atoms with Crippen LogP contribution in [0.5, 0.6) is 5.75 Å². The van der Waals surface area contributed by atoms with Crippen molar-refractivity contribution in [3.8, 4) is 5.75 Å². The van der Waals surface area contributed by atoms with Crippen LogP contribution < -0.4 is 4.74 Å². The van der Waals surface area contributed by atoms with Gasteiger partial charge in [0, 0.05) is 32.2 Å². The van der Waals surface area contributed by atoms with Gasteiger partial charge in [-0.15, -0.1) is 0 Å². The lowest BCUT2D eigenvalue weighted by Gasteiger charge is -2.33. The normalized spacial score (nSPS) is 16.6. The third-order valence-electron chi connectivity index (χ3n) is 4.82. The molecule has 1 aromatic heterocycles. The molecule has 0 unspecified atom stereocenters. The van der Waals surface area contributed by atoms with E-state index in [9.17, 15) is 8.42 Å². The highest BCUT2D eigenvalue weighted by Crippen LogP contribution is 2.21. The molecule has 1 aliphatic rings. The summed E-state index contributed by atoms with van der Waals surface area (Å²) >= 11 is 0. The number of H-pyrrole nitrogens is 1. The molecular formula is C19H22N4O3S. The van der Waals surface area contributed by atoms with E-state index in [4.69, 9.17) is 4.74 Å². The minimum absolute atomic E-state index is 0.352. The Morgan fingerprint density at radius 2 is 1.81 bits per heavy atom. The van der Waals surface area contributed by atoms with Crippen molar-refractivity contribution in [2.45, 2.75) is 11.4 Å². The summed E-state index contributed by atoms with van der Waals surface area (Å²) in [5.41, 5.74) is 1.84. The molecule has 0 atom stereocenters. The van der Waals surface area contributed by atoms with Crippen molar-refractivity contribution in [3.63, 3.8) is 0 Å². The van der Waals surface area contributed by atoms with Crippen molar-refractivity contribution in [3.05, 3.63) is 54.4 Å². The van der Waals surface area contributed by atoms with Crippen LogP contribution in [-0.4, -0.2) is 60.9 Å². The maximum absolute atomic E-state index is 12.7. The predicted molar refractivity (Wildman–Crippen MR) is 103 cm³/mol. The molecule has 0 amide bonds. The molecule has 0 radical (unpaired) electrons. The number of ether oxygens (including phenoxy) is 1. The maximum atomic E-state index is 12.7. The first-order chi connectivity index (χ1) is 13.1. The Morgan fingerprint density at radius 3 is 2.52 bits per heavy atom. The highest BCUT2D eigenvalue weighted by atomic mass is 32.2. The molecule has 4 rings (SSSR count). The molecule has 2 aromatic carbocycles. The zero-order valence-corrected chi connectivity index (χ0v) is 15.9. The average molecular weight is 386 g/mol. The standard InChI is InChI=1S/C19H22N4O3S/c1-26-15-7-8-17-18(13-15)21-19(20-17)14-22-9-11-23(12-10-22)27(24,25)16-5-3-2-4-6-16/h2-8,13H,9-12,14H2,1H3,(H,20,21). The molecule has 0 aliphatic carbocycles. The molecule has 3 aromatic rings. The van der Waals surface area contributed by atoms with E-state index < -0.39 is 10.0 Å². The number of rotatable bonds is 5. The lowest BCUT2D eigenvalue weighted by Crippen LogP contribution is -2.48. The van der Waals surface area contributed by atoms with E-state index in [1.54, 1.807) is 35.7 Å². The minimum atomic E-state index is -3.42. The number of hydrogen-bond acceptors (Lipinski definition) is 5. The monoisotopic (exact) mass is 386 g/mol. The van der Waals surface area contributed by atoms with E-state index in [1.807, 2.05) is 24.3 Å². The van der Waals surface area contributed by atoms with Gasteiger partial charge in [0.1, 0.15) is 11.6 Å². The van der Waals surface area contributed by atoms with Crippen LogP contribution in [0.1, 0.15) is 5.82 Å². The van der Waals surface area contributed by atoms with Crippen LogP contribution in [0.15, 0.2) is 53.4 Å². The Labute approximate surface area is 158 Å². The van der Waals surface area contributed by atoms with Gasteiger partial charge in [-0.1, -0.05) is 18.2 Å². The highest BCUT2D eigenvalue weighted by Gasteiger charge is 2.28. The van der Waals surface area contributed by atoms with Gasteiger partial charge in [0.15, 0.2) is 0 Å². The molecule has 7 nitrogen and oxygen atoms in total. The molecule has 27 heavy (non-hydrogen) atoms. The van der Waals surface area contributed by atoms with Gasteiger partial charge in [0.25, 0.3) is 0 Å². The molecule has 142 valence electrons. The molecular weight excluding hydrogens is 364 g/mol. The van der Waals surface area contributed by atoms with Crippen LogP contribution >= 0.6 is 0 Å². The smallest absolute Gasteiger partial charge is 0.243 e. The fourth-order valence-corrected chi connectivity index (χ4v) is 4.77. The summed E-state index contributed by atoms with van der Waals surface area (Å²) in [6, 6.07) is 14.4. The molecule has 1 N–H and O–H groups in total. The van der Waals surface area contributed by atoms with Gasteiger partial charge in [-0.05, 0) is 24.3 Å². The molecule has 0 spiro atoms. The molecule has 2 heterocycles. The Morgan fingerprint density at radius 1 is 1.07 bits per heavy atom. The van der Waals surface area contributed by atoms with E-state index in [2.05, 4.69) is 14.9 Å². The molecule has 1 fully saturated rings. The number of benzene rings is 2. The van der Waals surface area contributed by atoms with Crippen molar-refractivity contribution >= 4 is 21.1 Å². The van der Waals surface area contributed by atoms with Gasteiger partial charge in [-0.3, -0.25) is 4.90 Å². The molecule has 1 aliphatic heterocycles. The fourth-order valence-electron chi connectivity index (χ4n) is 3.32. The first-order valence-electron chi connectivity index (χ1n) is 8.86. The number of methoxy groups -OCH3 is 1. The van der Waals surface area contributed by atoms with Gasteiger partial charge >= 0.3 is 0 Å². The van der Waals surface area contributed by atoms with Crippen molar-refractivity contribution in [2.24, 2.45) is 0 Å². The van der Waals surface area contributed by atoms with E-state index in [0.717, 1.165) is 22.6 Å². The van der Waals surface area contributed by atoms with E-state index in [0.29, 0.717) is 37.6 Å². The summed E-state index contributed by atoms with van der Waals surface area (Å²) in [6.45, 7) is 2.96. The number of hydrogen-bond donors (Lipinski definition) is 1. The highest BCUT2D eigenvalue weighted by molar-refractivity contribution is 7.89. The van der Waals surface area contributed by atoms with Gasteiger partial charge in [-0.2, -0.15) is 4.31 Å². The quantitative estimate of drug-likeness (QED) is 0.726. The van der Waals surface area contributed by atoms with E-state index in [-0.39, 0.29) is 0 Å². The number of aromatic nitrogens is 2. The van der Waals surface area contributed by atoms with Crippen LogP contribution in [0.25, 0.3) is 11.0 Å². The molecule has 0 bridgehead atoms. The van der Waals surface area contributed by atoms with E-state index >= 15 is 0 Å². The summed E-state index contributed by atoms with van der Waals surface area (Å²) in [5.74, 6) is 1.66. The Hall–Kier alpha value is -2.42. The Bertz CT molecular complexity index is 1030. The number of piperazine rings is 1. The van der Waals surface area contributed by atoms with Crippen LogP contribution in [0.3, 0.4) is 0 Å². The third kappa shape index (κ3) is 3.69. The number of nitrogens with one attached hydrogen (secondary N) is 1. The first-order valence-corrected chi connectivity index (χ1v) is 10.3. The summed E-state index contributed by atoms with van der Waals surface area (Å²) in [6.07, 6.45) is 0. The van der Waals surface area contributed by atoms with Gasteiger partial charge in [-0.25, -0.2) is 13.4 Å². The topological polar surface area (TPSA) is 78.5 Å². The van der Waals surface area contributed by atoms with Crippen LogP contribution in [-0.2, 0) is 16.6 Å². The number of fused-ring (bicyclic) bond motifs is 1. The second kappa shape index (κ2) is 7.30. The van der Waals surface area contributed by atoms with Crippen LogP contribution in [0.2, 0.25) is 0 Å². The summed E-state index contributed by atoms with van der Waals surface area (Å²) in [7, 11) is -1.78. The second-order valence-corrected chi connectivity index (χ2v) is 8.50. The SMILES string of the molecule is COc1ccc2nc(CN3CCN(S(=O)(=O)c4ccccc4)CC3)[nH]c2c1. The summed E-state index contributed by atoms with van der Waals surface area (Å²) in [5, 5.41) is 0.